The average Bonchev–Trinajstić information content (AvgIpc) is 3.00. The van der Waals surface area contributed by atoms with Crippen LogP contribution < -0.4 is 10.2 Å². The molecule has 3 N–H and O–H groups in total. The molecule has 2 unspecified atom stereocenters. The number of phenols is 1. The van der Waals surface area contributed by atoms with Gasteiger partial charge in [-0.25, -0.2) is 4.99 Å². The van der Waals surface area contributed by atoms with E-state index in [1.165, 1.54) is 11.1 Å². The van der Waals surface area contributed by atoms with Gasteiger partial charge < -0.3 is 25.3 Å². The number of amides is 1. The molecule has 0 spiro atoms. The van der Waals surface area contributed by atoms with E-state index < -0.39 is 6.10 Å². The normalized spacial score (nSPS) is 19.5. The van der Waals surface area contributed by atoms with Gasteiger partial charge in [-0.3, -0.25) is 4.79 Å². The van der Waals surface area contributed by atoms with Crippen LogP contribution in [0.25, 0.3) is 0 Å². The molecule has 1 fully saturated rings. The number of hydrogen-bond acceptors (Lipinski definition) is 6. The number of amidine groups is 1. The Morgan fingerprint density at radius 3 is 2.66 bits per heavy atom. The summed E-state index contributed by atoms with van der Waals surface area (Å²) in [6.07, 6.45) is 3.40. The van der Waals surface area contributed by atoms with Gasteiger partial charge >= 0.3 is 0 Å². The van der Waals surface area contributed by atoms with Crippen LogP contribution in [0.5, 0.6) is 5.75 Å². The zero-order chi connectivity index (χ0) is 24.9. The number of aliphatic imine (C=N–C) groups is 1. The molecule has 188 valence electrons. The predicted octanol–water partition coefficient (Wildman–Crippen LogP) is 3.92. The Morgan fingerprint density at radius 1 is 1.20 bits per heavy atom. The minimum absolute atomic E-state index is 0.0629. The van der Waals surface area contributed by atoms with Crippen LogP contribution in [0.2, 0.25) is 0 Å². The lowest BCUT2D eigenvalue weighted by molar-refractivity contribution is -0.130. The number of aryl methyl sites for hydroxylation is 1. The van der Waals surface area contributed by atoms with E-state index in [1.807, 2.05) is 25.2 Å². The molecule has 0 saturated carbocycles. The van der Waals surface area contributed by atoms with Gasteiger partial charge in [-0.2, -0.15) is 0 Å². The highest BCUT2D eigenvalue weighted by Gasteiger charge is 2.30. The van der Waals surface area contributed by atoms with Gasteiger partial charge in [0, 0.05) is 43.9 Å². The van der Waals surface area contributed by atoms with Gasteiger partial charge in [0.05, 0.1) is 0 Å². The van der Waals surface area contributed by atoms with Gasteiger partial charge in [0.25, 0.3) is 0 Å². The molecule has 1 saturated heterocycles. The SMILES string of the molecule is CCCCC(O)C(=O)NC1CCN(C2=NC(c3ccccc3O)N(C)c3cc(C)ccc3C2)CC1. The van der Waals surface area contributed by atoms with Crippen LogP contribution in [-0.2, 0) is 11.2 Å². The largest absolute Gasteiger partial charge is 0.508 e. The Kier molecular flexibility index (Phi) is 7.96. The first-order chi connectivity index (χ1) is 16.9. The number of unbranched alkanes of at least 4 members (excludes halogenated alkanes) is 1. The molecule has 0 aromatic heterocycles. The molecule has 2 aromatic carbocycles. The summed E-state index contributed by atoms with van der Waals surface area (Å²) < 4.78 is 0. The molecule has 2 heterocycles. The molecule has 2 aliphatic heterocycles. The molecular weight excluding hydrogens is 440 g/mol. The summed E-state index contributed by atoms with van der Waals surface area (Å²) in [5, 5.41) is 23.8. The number of piperidine rings is 1. The van der Waals surface area contributed by atoms with Crippen molar-refractivity contribution in [2.75, 3.05) is 25.0 Å². The minimum Gasteiger partial charge on any atom is -0.508 e. The Labute approximate surface area is 208 Å². The quantitative estimate of drug-likeness (QED) is 0.586. The van der Waals surface area contributed by atoms with Crippen LogP contribution in [0.15, 0.2) is 47.5 Å². The third-order valence-electron chi connectivity index (χ3n) is 7.16. The number of aromatic hydroxyl groups is 1. The number of carbonyl (C=O) groups is 1. The first kappa shape index (κ1) is 25.0. The molecule has 35 heavy (non-hydrogen) atoms. The Hall–Kier alpha value is -3.06. The van der Waals surface area contributed by atoms with Crippen LogP contribution in [0.1, 0.15) is 61.9 Å². The second kappa shape index (κ2) is 11.1. The van der Waals surface area contributed by atoms with Gasteiger partial charge in [-0.15, -0.1) is 0 Å². The summed E-state index contributed by atoms with van der Waals surface area (Å²) in [6.45, 7) is 5.71. The zero-order valence-corrected chi connectivity index (χ0v) is 21.1. The highest BCUT2D eigenvalue weighted by molar-refractivity contribution is 5.88. The average molecular weight is 479 g/mol. The number of likely N-dealkylation sites (tertiary alicyclic amines) is 1. The molecule has 0 bridgehead atoms. The van der Waals surface area contributed by atoms with Gasteiger partial charge in [0.15, 0.2) is 6.17 Å². The molecule has 1 amide bonds. The van der Waals surface area contributed by atoms with E-state index in [1.54, 1.807) is 6.07 Å². The summed E-state index contributed by atoms with van der Waals surface area (Å²) in [4.78, 5) is 22.0. The Bertz CT molecular complexity index is 1060. The number of anilines is 1. The van der Waals surface area contributed by atoms with E-state index >= 15 is 0 Å². The number of aliphatic hydroxyl groups excluding tert-OH is 1. The fraction of sp³-hybridized carbons (Fsp3) is 0.500. The van der Waals surface area contributed by atoms with Crippen molar-refractivity contribution >= 4 is 17.4 Å². The first-order valence-corrected chi connectivity index (χ1v) is 12.8. The number of hydrogen-bond donors (Lipinski definition) is 3. The van der Waals surface area contributed by atoms with Crippen molar-refractivity contribution in [1.29, 1.82) is 0 Å². The molecule has 7 heteroatoms. The van der Waals surface area contributed by atoms with Crippen LogP contribution in [0, 0.1) is 6.92 Å². The van der Waals surface area contributed by atoms with E-state index in [2.05, 4.69) is 47.2 Å². The molecule has 2 aromatic rings. The number of fused-ring (bicyclic) bond motifs is 1. The highest BCUT2D eigenvalue weighted by atomic mass is 16.3. The maximum absolute atomic E-state index is 12.4. The van der Waals surface area contributed by atoms with E-state index in [4.69, 9.17) is 4.99 Å². The van der Waals surface area contributed by atoms with Gasteiger partial charge in [0.1, 0.15) is 17.7 Å². The van der Waals surface area contributed by atoms with E-state index in [9.17, 15) is 15.0 Å². The number of para-hydroxylation sites is 1. The summed E-state index contributed by atoms with van der Waals surface area (Å²) in [5.74, 6) is 0.987. The molecule has 0 radical (unpaired) electrons. The van der Waals surface area contributed by atoms with E-state index in [0.29, 0.717) is 6.42 Å². The maximum atomic E-state index is 12.4. The summed E-state index contributed by atoms with van der Waals surface area (Å²) in [6, 6.07) is 14.0. The number of carbonyl (C=O) groups excluding carboxylic acids is 1. The third kappa shape index (κ3) is 5.78. The molecule has 2 atom stereocenters. The number of nitrogens with zero attached hydrogens (tertiary/aromatic N) is 3. The number of phenolic OH excluding ortho intramolecular Hbond substituents is 1. The van der Waals surface area contributed by atoms with Crippen molar-refractivity contribution < 1.29 is 15.0 Å². The zero-order valence-electron chi connectivity index (χ0n) is 21.1. The molecular formula is C28H38N4O3. The topological polar surface area (TPSA) is 88.4 Å². The minimum atomic E-state index is -0.922. The Morgan fingerprint density at radius 2 is 1.94 bits per heavy atom. The highest BCUT2D eigenvalue weighted by Crippen LogP contribution is 2.37. The predicted molar refractivity (Wildman–Crippen MR) is 140 cm³/mol. The van der Waals surface area contributed by atoms with Crippen molar-refractivity contribution in [3.05, 3.63) is 59.2 Å². The van der Waals surface area contributed by atoms with Gasteiger partial charge in [-0.05, 0) is 49.4 Å². The molecule has 0 aliphatic carbocycles. The fourth-order valence-electron chi connectivity index (χ4n) is 5.01. The van der Waals surface area contributed by atoms with Crippen molar-refractivity contribution in [2.24, 2.45) is 4.99 Å². The maximum Gasteiger partial charge on any atom is 0.249 e. The van der Waals surface area contributed by atoms with Crippen molar-refractivity contribution in [3.63, 3.8) is 0 Å². The molecule has 4 rings (SSSR count). The lowest BCUT2D eigenvalue weighted by atomic mass is 10.0. The summed E-state index contributed by atoms with van der Waals surface area (Å²) in [7, 11) is 2.04. The van der Waals surface area contributed by atoms with Crippen molar-refractivity contribution in [1.82, 2.24) is 10.2 Å². The van der Waals surface area contributed by atoms with Gasteiger partial charge in [-0.1, -0.05) is 50.1 Å². The van der Waals surface area contributed by atoms with Crippen LogP contribution >= 0.6 is 0 Å². The Balaban J connectivity index is 1.52. The lowest BCUT2D eigenvalue weighted by Gasteiger charge is -2.35. The third-order valence-corrected chi connectivity index (χ3v) is 7.16. The van der Waals surface area contributed by atoms with E-state index in [0.717, 1.165) is 62.3 Å². The number of nitrogens with one attached hydrogen (secondary N) is 1. The fourth-order valence-corrected chi connectivity index (χ4v) is 5.01. The molecule has 7 nitrogen and oxygen atoms in total. The van der Waals surface area contributed by atoms with Crippen molar-refractivity contribution in [2.45, 2.75) is 70.7 Å². The first-order valence-electron chi connectivity index (χ1n) is 12.8. The monoisotopic (exact) mass is 478 g/mol. The van der Waals surface area contributed by atoms with Crippen LogP contribution in [0.4, 0.5) is 5.69 Å². The number of rotatable bonds is 6. The summed E-state index contributed by atoms with van der Waals surface area (Å²) in [5.41, 5.74) is 4.31. The second-order valence-electron chi connectivity index (χ2n) is 9.83. The standard InChI is InChI=1S/C28H38N4O3/c1-4-5-9-25(34)28(35)29-21-13-15-32(16-14-21)26-18-20-12-11-19(2)17-23(20)31(3)27(30-26)22-8-6-7-10-24(22)33/h6-8,10-12,17,21,25,27,33-34H,4-5,9,13-16,18H2,1-3H3,(H,29,35). The van der Waals surface area contributed by atoms with E-state index in [-0.39, 0.29) is 23.9 Å². The second-order valence-corrected chi connectivity index (χ2v) is 9.83. The van der Waals surface area contributed by atoms with Crippen molar-refractivity contribution in [3.8, 4) is 5.75 Å². The van der Waals surface area contributed by atoms with Crippen LogP contribution in [-0.4, -0.2) is 59.1 Å². The molecule has 2 aliphatic rings. The number of benzene rings is 2. The van der Waals surface area contributed by atoms with Crippen LogP contribution in [0.3, 0.4) is 0 Å². The summed E-state index contributed by atoms with van der Waals surface area (Å²) >= 11 is 0. The number of aliphatic hydroxyl groups is 1. The lowest BCUT2D eigenvalue weighted by Crippen LogP contribution is -2.49. The van der Waals surface area contributed by atoms with Gasteiger partial charge in [0.2, 0.25) is 5.91 Å². The smallest absolute Gasteiger partial charge is 0.249 e.